The molecule has 1 saturated heterocycles. The SMILES string of the molecule is O=C(OC(C(F)(F)F)C(F)(F)F)N1Cc2ccc(N3CCNCC3)cc2C1. The van der Waals surface area contributed by atoms with Gasteiger partial charge in [0, 0.05) is 45.0 Å². The van der Waals surface area contributed by atoms with Crippen LogP contribution >= 0.6 is 0 Å². The van der Waals surface area contributed by atoms with Crippen LogP contribution < -0.4 is 10.2 Å². The van der Waals surface area contributed by atoms with E-state index < -0.39 is 24.5 Å². The van der Waals surface area contributed by atoms with Crippen LogP contribution in [0.3, 0.4) is 0 Å². The van der Waals surface area contributed by atoms with Gasteiger partial charge in [0.15, 0.2) is 0 Å². The fourth-order valence-electron chi connectivity index (χ4n) is 3.12. The first-order valence-corrected chi connectivity index (χ1v) is 8.22. The second-order valence-corrected chi connectivity index (χ2v) is 6.39. The third kappa shape index (κ3) is 4.40. The molecule has 1 fully saturated rings. The van der Waals surface area contributed by atoms with Gasteiger partial charge in [-0.15, -0.1) is 0 Å². The molecule has 0 atom stereocenters. The number of ether oxygens (including phenoxy) is 1. The number of halogens is 6. The lowest BCUT2D eigenvalue weighted by atomic mass is 10.1. The molecule has 1 aromatic carbocycles. The molecule has 0 aliphatic carbocycles. The monoisotopic (exact) mass is 397 g/mol. The van der Waals surface area contributed by atoms with E-state index in [-0.39, 0.29) is 13.1 Å². The Morgan fingerprint density at radius 3 is 2.19 bits per heavy atom. The Kier molecular flexibility index (Phi) is 5.15. The standard InChI is InChI=1S/C16H17F6N3O2/c17-15(18,19)13(16(20,21)22)27-14(26)25-8-10-1-2-12(7-11(10)9-25)24-5-3-23-4-6-24/h1-2,7,13,23H,3-6,8-9H2. The van der Waals surface area contributed by atoms with Gasteiger partial charge >= 0.3 is 18.4 Å². The number of piperazine rings is 1. The molecule has 1 N–H and O–H groups in total. The van der Waals surface area contributed by atoms with E-state index in [0.717, 1.165) is 36.8 Å². The average molecular weight is 397 g/mol. The molecule has 1 amide bonds. The molecular formula is C16H17F6N3O2. The van der Waals surface area contributed by atoms with Crippen LogP contribution in [0, 0.1) is 0 Å². The van der Waals surface area contributed by atoms with Crippen molar-refractivity contribution in [1.82, 2.24) is 10.2 Å². The van der Waals surface area contributed by atoms with Crippen molar-refractivity contribution in [1.29, 1.82) is 0 Å². The fourth-order valence-corrected chi connectivity index (χ4v) is 3.12. The minimum atomic E-state index is -5.73. The van der Waals surface area contributed by atoms with E-state index in [0.29, 0.717) is 11.1 Å². The van der Waals surface area contributed by atoms with Crippen molar-refractivity contribution in [2.75, 3.05) is 31.1 Å². The lowest BCUT2D eigenvalue weighted by Gasteiger charge is -2.29. The number of carbonyl (C=O) groups is 1. The Labute approximate surface area is 150 Å². The summed E-state index contributed by atoms with van der Waals surface area (Å²) in [6.07, 6.45) is -17.2. The molecule has 2 aliphatic heterocycles. The van der Waals surface area contributed by atoms with Crippen molar-refractivity contribution in [3.05, 3.63) is 29.3 Å². The number of alkyl halides is 6. The van der Waals surface area contributed by atoms with Crippen molar-refractivity contribution in [3.8, 4) is 0 Å². The normalized spacial score (nSPS) is 18.0. The third-order valence-electron chi connectivity index (χ3n) is 4.47. The summed E-state index contributed by atoms with van der Waals surface area (Å²) in [6.45, 7) is 2.99. The van der Waals surface area contributed by atoms with Crippen LogP contribution in [-0.2, 0) is 17.8 Å². The number of fused-ring (bicyclic) bond motifs is 1. The first kappa shape index (κ1) is 19.6. The van der Waals surface area contributed by atoms with Crippen LogP contribution in [0.4, 0.5) is 36.8 Å². The van der Waals surface area contributed by atoms with E-state index in [4.69, 9.17) is 0 Å². The van der Waals surface area contributed by atoms with Crippen molar-refractivity contribution in [2.45, 2.75) is 31.5 Å². The second-order valence-electron chi connectivity index (χ2n) is 6.39. The molecule has 0 spiro atoms. The molecule has 5 nitrogen and oxygen atoms in total. The quantitative estimate of drug-likeness (QED) is 0.780. The van der Waals surface area contributed by atoms with Gasteiger partial charge in [-0.3, -0.25) is 4.90 Å². The number of rotatable bonds is 2. The summed E-state index contributed by atoms with van der Waals surface area (Å²) in [7, 11) is 0. The summed E-state index contributed by atoms with van der Waals surface area (Å²) in [4.78, 5) is 14.8. The van der Waals surface area contributed by atoms with Crippen LogP contribution in [0.1, 0.15) is 11.1 Å². The maximum atomic E-state index is 12.6. The van der Waals surface area contributed by atoms with Crippen LogP contribution in [0.2, 0.25) is 0 Å². The zero-order valence-corrected chi connectivity index (χ0v) is 14.0. The van der Waals surface area contributed by atoms with Gasteiger partial charge in [-0.2, -0.15) is 26.3 Å². The Morgan fingerprint density at radius 1 is 1.00 bits per heavy atom. The minimum absolute atomic E-state index is 0.0988. The molecular weight excluding hydrogens is 380 g/mol. The number of nitrogens with one attached hydrogen (secondary N) is 1. The molecule has 0 saturated carbocycles. The molecule has 0 radical (unpaired) electrons. The van der Waals surface area contributed by atoms with E-state index >= 15 is 0 Å². The number of amides is 1. The third-order valence-corrected chi connectivity index (χ3v) is 4.47. The Bertz CT molecular complexity index is 686. The van der Waals surface area contributed by atoms with Crippen LogP contribution in [0.5, 0.6) is 0 Å². The number of anilines is 1. The first-order valence-electron chi connectivity index (χ1n) is 8.22. The zero-order valence-electron chi connectivity index (χ0n) is 14.0. The number of carbonyl (C=O) groups excluding carboxylic acids is 1. The molecule has 2 heterocycles. The smallest absolute Gasteiger partial charge is 0.426 e. The Morgan fingerprint density at radius 2 is 1.59 bits per heavy atom. The summed E-state index contributed by atoms with van der Waals surface area (Å²) in [5.74, 6) is 0. The van der Waals surface area contributed by atoms with E-state index in [1.165, 1.54) is 0 Å². The van der Waals surface area contributed by atoms with Gasteiger partial charge in [0.2, 0.25) is 0 Å². The largest absolute Gasteiger partial charge is 0.434 e. The van der Waals surface area contributed by atoms with Gasteiger partial charge in [-0.05, 0) is 23.3 Å². The number of hydrogen-bond donors (Lipinski definition) is 1. The van der Waals surface area contributed by atoms with E-state index in [1.807, 2.05) is 6.07 Å². The predicted octanol–water partition coefficient (Wildman–Crippen LogP) is 3.04. The first-order chi connectivity index (χ1) is 12.6. The van der Waals surface area contributed by atoms with Crippen LogP contribution in [0.25, 0.3) is 0 Å². The highest BCUT2D eigenvalue weighted by Gasteiger charge is 2.60. The number of hydrogen-bond acceptors (Lipinski definition) is 4. The molecule has 0 bridgehead atoms. The fraction of sp³-hybridized carbons (Fsp3) is 0.562. The maximum absolute atomic E-state index is 12.6. The van der Waals surface area contributed by atoms with Crippen molar-refractivity contribution in [2.24, 2.45) is 0 Å². The molecule has 27 heavy (non-hydrogen) atoms. The van der Waals surface area contributed by atoms with Gasteiger partial charge in [-0.25, -0.2) is 4.79 Å². The van der Waals surface area contributed by atoms with Gasteiger partial charge < -0.3 is 15.0 Å². The predicted molar refractivity (Wildman–Crippen MR) is 83.2 cm³/mol. The van der Waals surface area contributed by atoms with E-state index in [1.54, 1.807) is 12.1 Å². The lowest BCUT2D eigenvalue weighted by molar-refractivity contribution is -0.308. The lowest BCUT2D eigenvalue weighted by Crippen LogP contribution is -2.47. The van der Waals surface area contributed by atoms with Gasteiger partial charge in [-0.1, -0.05) is 6.07 Å². The molecule has 1 aromatic rings. The summed E-state index contributed by atoms with van der Waals surface area (Å²) in [6, 6.07) is 5.36. The summed E-state index contributed by atoms with van der Waals surface area (Å²) in [5.41, 5.74) is 2.24. The highest BCUT2D eigenvalue weighted by molar-refractivity contribution is 5.69. The highest BCUT2D eigenvalue weighted by atomic mass is 19.4. The summed E-state index contributed by atoms with van der Waals surface area (Å²) >= 11 is 0. The van der Waals surface area contributed by atoms with Gasteiger partial charge in [0.05, 0.1) is 0 Å². The number of benzene rings is 1. The highest BCUT2D eigenvalue weighted by Crippen LogP contribution is 2.37. The molecule has 0 aromatic heterocycles. The van der Waals surface area contributed by atoms with E-state index in [2.05, 4.69) is 15.0 Å². The minimum Gasteiger partial charge on any atom is -0.426 e. The summed E-state index contributed by atoms with van der Waals surface area (Å²) < 4.78 is 79.1. The topological polar surface area (TPSA) is 44.8 Å². The molecule has 11 heteroatoms. The van der Waals surface area contributed by atoms with Crippen molar-refractivity contribution in [3.63, 3.8) is 0 Å². The molecule has 0 unspecified atom stereocenters. The average Bonchev–Trinajstić information content (AvgIpc) is 3.01. The van der Waals surface area contributed by atoms with Crippen LogP contribution in [-0.4, -0.2) is 55.6 Å². The Hall–Kier alpha value is -2.17. The van der Waals surface area contributed by atoms with Crippen LogP contribution in [0.15, 0.2) is 18.2 Å². The zero-order chi connectivity index (χ0) is 19.8. The second kappa shape index (κ2) is 7.10. The van der Waals surface area contributed by atoms with Crippen molar-refractivity contribution < 1.29 is 35.9 Å². The molecule has 3 rings (SSSR count). The molecule has 150 valence electrons. The molecule has 2 aliphatic rings. The maximum Gasteiger partial charge on any atom is 0.434 e. The summed E-state index contributed by atoms with van der Waals surface area (Å²) in [5, 5.41) is 3.21. The van der Waals surface area contributed by atoms with E-state index in [9.17, 15) is 31.1 Å². The Balaban J connectivity index is 1.69. The van der Waals surface area contributed by atoms with Crippen molar-refractivity contribution >= 4 is 11.8 Å². The van der Waals surface area contributed by atoms with Gasteiger partial charge in [0.1, 0.15) is 0 Å². The van der Waals surface area contributed by atoms with Gasteiger partial charge in [0.25, 0.3) is 6.10 Å². The number of nitrogens with zero attached hydrogens (tertiary/aromatic N) is 2.